The Morgan fingerprint density at radius 2 is 1.71 bits per heavy atom. The molecule has 0 spiro atoms. The van der Waals surface area contributed by atoms with Gasteiger partial charge in [0.1, 0.15) is 23.6 Å². The SMILES string of the molecule is COc1ccccc1Nc1ncnc(Nc2cccc(C)n2)c1N. The van der Waals surface area contributed by atoms with Gasteiger partial charge in [-0.25, -0.2) is 15.0 Å². The van der Waals surface area contributed by atoms with Gasteiger partial charge >= 0.3 is 0 Å². The Balaban J connectivity index is 1.88. The standard InChI is InChI=1S/C17H18N6O/c1-11-6-5-9-14(21-11)23-17-15(18)16(19-10-20-17)22-12-7-3-4-8-13(12)24-2/h3-10H,18H2,1-2H3,(H2,19,20,21,22,23). The number of methoxy groups -OCH3 is 1. The highest BCUT2D eigenvalue weighted by molar-refractivity contribution is 5.80. The molecule has 1 aromatic carbocycles. The second kappa shape index (κ2) is 6.82. The average molecular weight is 322 g/mol. The largest absolute Gasteiger partial charge is 0.495 e. The van der Waals surface area contributed by atoms with Crippen LogP contribution in [-0.4, -0.2) is 22.1 Å². The summed E-state index contributed by atoms with van der Waals surface area (Å²) in [6, 6.07) is 13.2. The zero-order chi connectivity index (χ0) is 16.9. The Kier molecular flexibility index (Phi) is 4.42. The van der Waals surface area contributed by atoms with Gasteiger partial charge in [-0.1, -0.05) is 18.2 Å². The third kappa shape index (κ3) is 3.35. The Labute approximate surface area is 139 Å². The number of nitrogen functional groups attached to an aromatic ring is 1. The number of aryl methyl sites for hydroxylation is 1. The summed E-state index contributed by atoms with van der Waals surface area (Å²) in [7, 11) is 1.61. The van der Waals surface area contributed by atoms with Gasteiger partial charge < -0.3 is 21.1 Å². The lowest BCUT2D eigenvalue weighted by Crippen LogP contribution is -2.06. The molecule has 0 amide bonds. The summed E-state index contributed by atoms with van der Waals surface area (Å²) in [5.41, 5.74) is 8.26. The molecule has 7 nitrogen and oxygen atoms in total. The van der Waals surface area contributed by atoms with E-state index in [-0.39, 0.29) is 0 Å². The number of pyridine rings is 1. The Hall–Kier alpha value is -3.35. The highest BCUT2D eigenvalue weighted by Crippen LogP contribution is 2.31. The first-order valence-electron chi connectivity index (χ1n) is 7.38. The topological polar surface area (TPSA) is 98.0 Å². The molecule has 0 saturated heterocycles. The van der Waals surface area contributed by atoms with Crippen molar-refractivity contribution >= 4 is 28.8 Å². The Morgan fingerprint density at radius 3 is 2.46 bits per heavy atom. The minimum atomic E-state index is 0.395. The van der Waals surface area contributed by atoms with Crippen molar-refractivity contribution in [1.29, 1.82) is 0 Å². The first-order chi connectivity index (χ1) is 11.7. The second-order valence-corrected chi connectivity index (χ2v) is 5.10. The summed E-state index contributed by atoms with van der Waals surface area (Å²) >= 11 is 0. The van der Waals surface area contributed by atoms with Crippen molar-refractivity contribution in [2.75, 3.05) is 23.5 Å². The molecular formula is C17H18N6O. The van der Waals surface area contributed by atoms with Crippen LogP contribution in [0.1, 0.15) is 5.69 Å². The van der Waals surface area contributed by atoms with E-state index in [1.165, 1.54) is 6.33 Å². The maximum atomic E-state index is 6.19. The molecule has 122 valence electrons. The smallest absolute Gasteiger partial charge is 0.160 e. The van der Waals surface area contributed by atoms with Gasteiger partial charge in [0, 0.05) is 5.69 Å². The molecule has 0 aliphatic carbocycles. The average Bonchev–Trinajstić information content (AvgIpc) is 2.59. The molecule has 0 unspecified atom stereocenters. The zero-order valence-corrected chi connectivity index (χ0v) is 13.4. The summed E-state index contributed by atoms with van der Waals surface area (Å²) in [4.78, 5) is 12.8. The lowest BCUT2D eigenvalue weighted by molar-refractivity contribution is 0.417. The summed E-state index contributed by atoms with van der Waals surface area (Å²) in [6.45, 7) is 1.92. The van der Waals surface area contributed by atoms with E-state index >= 15 is 0 Å². The normalized spacial score (nSPS) is 10.2. The van der Waals surface area contributed by atoms with Crippen molar-refractivity contribution in [1.82, 2.24) is 15.0 Å². The van der Waals surface area contributed by atoms with E-state index in [0.717, 1.165) is 11.4 Å². The molecule has 2 heterocycles. The molecule has 4 N–H and O–H groups in total. The fourth-order valence-corrected chi connectivity index (χ4v) is 2.20. The number of benzene rings is 1. The van der Waals surface area contributed by atoms with Gasteiger partial charge in [0.05, 0.1) is 12.8 Å². The van der Waals surface area contributed by atoms with Crippen LogP contribution < -0.4 is 21.1 Å². The van der Waals surface area contributed by atoms with E-state index in [1.807, 2.05) is 49.4 Å². The molecule has 7 heteroatoms. The lowest BCUT2D eigenvalue weighted by atomic mass is 10.3. The summed E-state index contributed by atoms with van der Waals surface area (Å²) in [6.07, 6.45) is 1.44. The van der Waals surface area contributed by atoms with Crippen LogP contribution in [0.2, 0.25) is 0 Å². The number of nitrogens with zero attached hydrogens (tertiary/aromatic N) is 3. The minimum absolute atomic E-state index is 0.395. The highest BCUT2D eigenvalue weighted by Gasteiger charge is 2.11. The van der Waals surface area contributed by atoms with Crippen LogP contribution in [0.25, 0.3) is 0 Å². The van der Waals surface area contributed by atoms with E-state index < -0.39 is 0 Å². The number of aromatic nitrogens is 3. The third-order valence-corrected chi connectivity index (χ3v) is 3.38. The van der Waals surface area contributed by atoms with Gasteiger partial charge in [0.15, 0.2) is 11.6 Å². The van der Waals surface area contributed by atoms with E-state index in [1.54, 1.807) is 7.11 Å². The third-order valence-electron chi connectivity index (χ3n) is 3.38. The van der Waals surface area contributed by atoms with Crippen LogP contribution in [0.4, 0.5) is 28.8 Å². The maximum Gasteiger partial charge on any atom is 0.160 e. The van der Waals surface area contributed by atoms with E-state index in [2.05, 4.69) is 25.6 Å². The first-order valence-corrected chi connectivity index (χ1v) is 7.38. The molecule has 2 aromatic heterocycles. The van der Waals surface area contributed by atoms with Gasteiger partial charge in [0.25, 0.3) is 0 Å². The predicted octanol–water partition coefficient (Wildman–Crippen LogP) is 3.26. The van der Waals surface area contributed by atoms with Crippen LogP contribution >= 0.6 is 0 Å². The second-order valence-electron chi connectivity index (χ2n) is 5.10. The molecule has 0 atom stereocenters. The molecular weight excluding hydrogens is 304 g/mol. The van der Waals surface area contributed by atoms with Crippen LogP contribution in [0.15, 0.2) is 48.8 Å². The van der Waals surface area contributed by atoms with Crippen LogP contribution in [0.3, 0.4) is 0 Å². The van der Waals surface area contributed by atoms with E-state index in [9.17, 15) is 0 Å². The van der Waals surface area contributed by atoms with Gasteiger partial charge in [-0.15, -0.1) is 0 Å². The van der Waals surface area contributed by atoms with E-state index in [4.69, 9.17) is 10.5 Å². The monoisotopic (exact) mass is 322 g/mol. The molecule has 0 bridgehead atoms. The van der Waals surface area contributed by atoms with E-state index in [0.29, 0.717) is 28.9 Å². The molecule has 0 saturated carbocycles. The molecule has 3 aromatic rings. The molecule has 24 heavy (non-hydrogen) atoms. The molecule has 0 radical (unpaired) electrons. The van der Waals surface area contributed by atoms with Crippen LogP contribution in [-0.2, 0) is 0 Å². The summed E-state index contributed by atoms with van der Waals surface area (Å²) in [5, 5.41) is 6.28. The van der Waals surface area contributed by atoms with Crippen molar-refractivity contribution < 1.29 is 4.74 Å². The number of nitrogens with two attached hydrogens (primary N) is 1. The molecule has 3 rings (SSSR count). The maximum absolute atomic E-state index is 6.19. The summed E-state index contributed by atoms with van der Waals surface area (Å²) in [5.74, 6) is 2.35. The predicted molar refractivity (Wildman–Crippen MR) is 95.0 cm³/mol. The number of hydrogen-bond donors (Lipinski definition) is 3. The zero-order valence-electron chi connectivity index (χ0n) is 13.4. The van der Waals surface area contributed by atoms with Crippen molar-refractivity contribution in [3.05, 3.63) is 54.5 Å². The molecule has 0 aliphatic heterocycles. The van der Waals surface area contributed by atoms with Crippen molar-refractivity contribution in [2.45, 2.75) is 6.92 Å². The number of nitrogens with one attached hydrogen (secondary N) is 2. The fraction of sp³-hybridized carbons (Fsp3) is 0.118. The highest BCUT2D eigenvalue weighted by atomic mass is 16.5. The number of para-hydroxylation sites is 2. The molecule has 0 aliphatic rings. The summed E-state index contributed by atoms with van der Waals surface area (Å²) < 4.78 is 5.32. The number of ether oxygens (including phenoxy) is 1. The quantitative estimate of drug-likeness (QED) is 0.663. The number of hydrogen-bond acceptors (Lipinski definition) is 7. The minimum Gasteiger partial charge on any atom is -0.495 e. The first kappa shape index (κ1) is 15.5. The number of anilines is 5. The Morgan fingerprint density at radius 1 is 0.958 bits per heavy atom. The van der Waals surface area contributed by atoms with Gasteiger partial charge in [-0.05, 0) is 31.2 Å². The fourth-order valence-electron chi connectivity index (χ4n) is 2.20. The molecule has 0 fully saturated rings. The lowest BCUT2D eigenvalue weighted by Gasteiger charge is -2.14. The van der Waals surface area contributed by atoms with Gasteiger partial charge in [-0.3, -0.25) is 0 Å². The van der Waals surface area contributed by atoms with Crippen molar-refractivity contribution in [3.63, 3.8) is 0 Å². The van der Waals surface area contributed by atoms with Crippen molar-refractivity contribution in [3.8, 4) is 5.75 Å². The van der Waals surface area contributed by atoms with Crippen LogP contribution in [0, 0.1) is 6.92 Å². The van der Waals surface area contributed by atoms with Gasteiger partial charge in [0.2, 0.25) is 0 Å². The Bertz CT molecular complexity index is 852. The number of rotatable bonds is 5. The van der Waals surface area contributed by atoms with Crippen molar-refractivity contribution in [2.24, 2.45) is 0 Å². The van der Waals surface area contributed by atoms with Gasteiger partial charge in [-0.2, -0.15) is 0 Å². The van der Waals surface area contributed by atoms with Crippen LogP contribution in [0.5, 0.6) is 5.75 Å².